The van der Waals surface area contributed by atoms with Gasteiger partial charge in [-0.3, -0.25) is 9.59 Å². The lowest BCUT2D eigenvalue weighted by Crippen LogP contribution is -2.51. The van der Waals surface area contributed by atoms with Crippen LogP contribution in [-0.2, 0) is 22.6 Å². The summed E-state index contributed by atoms with van der Waals surface area (Å²) in [4.78, 5) is 27.7. The summed E-state index contributed by atoms with van der Waals surface area (Å²) < 4.78 is 0.987. The standard InChI is InChI=1S/C23H29BrN2O2/c1-4-8-22(27)26(16-19-11-13-20(24)14-12-19)21(23(28)25-17(2)3)15-18-9-6-5-7-10-18/h5-7,9-14,17,21H,4,8,15-16H2,1-3H3,(H,25,28). The summed E-state index contributed by atoms with van der Waals surface area (Å²) in [5.41, 5.74) is 2.04. The Morgan fingerprint density at radius 1 is 1.00 bits per heavy atom. The smallest absolute Gasteiger partial charge is 0.243 e. The van der Waals surface area contributed by atoms with Crippen LogP contribution < -0.4 is 5.32 Å². The van der Waals surface area contributed by atoms with E-state index in [1.165, 1.54) is 0 Å². The minimum absolute atomic E-state index is 0.00487. The Balaban J connectivity index is 2.35. The van der Waals surface area contributed by atoms with Crippen molar-refractivity contribution in [1.29, 1.82) is 0 Å². The van der Waals surface area contributed by atoms with Crippen LogP contribution in [0.25, 0.3) is 0 Å². The number of hydrogen-bond acceptors (Lipinski definition) is 2. The molecule has 2 amide bonds. The molecule has 1 N–H and O–H groups in total. The summed E-state index contributed by atoms with van der Waals surface area (Å²) in [7, 11) is 0. The molecule has 0 heterocycles. The number of nitrogens with zero attached hydrogens (tertiary/aromatic N) is 1. The third-order valence-electron chi connectivity index (χ3n) is 4.43. The van der Waals surface area contributed by atoms with Gasteiger partial charge in [-0.1, -0.05) is 65.3 Å². The van der Waals surface area contributed by atoms with Crippen LogP contribution in [0.3, 0.4) is 0 Å². The van der Waals surface area contributed by atoms with Crippen molar-refractivity contribution in [1.82, 2.24) is 10.2 Å². The van der Waals surface area contributed by atoms with Crippen molar-refractivity contribution < 1.29 is 9.59 Å². The van der Waals surface area contributed by atoms with Gasteiger partial charge in [0.1, 0.15) is 6.04 Å². The topological polar surface area (TPSA) is 49.4 Å². The number of benzene rings is 2. The molecular formula is C23H29BrN2O2. The molecule has 4 nitrogen and oxygen atoms in total. The molecule has 2 aromatic rings. The molecule has 5 heteroatoms. The molecule has 1 atom stereocenters. The summed E-state index contributed by atoms with van der Waals surface area (Å²) in [6.07, 6.45) is 1.67. The van der Waals surface area contributed by atoms with Gasteiger partial charge >= 0.3 is 0 Å². The van der Waals surface area contributed by atoms with Gasteiger partial charge in [-0.15, -0.1) is 0 Å². The Morgan fingerprint density at radius 2 is 1.64 bits per heavy atom. The van der Waals surface area contributed by atoms with Crippen LogP contribution in [0.2, 0.25) is 0 Å². The number of carbonyl (C=O) groups is 2. The Morgan fingerprint density at radius 3 is 2.21 bits per heavy atom. The Kier molecular flexibility index (Phi) is 8.71. The number of amides is 2. The predicted molar refractivity (Wildman–Crippen MR) is 117 cm³/mol. The molecule has 0 bridgehead atoms. The quantitative estimate of drug-likeness (QED) is 0.608. The van der Waals surface area contributed by atoms with Crippen LogP contribution in [0.1, 0.15) is 44.7 Å². The van der Waals surface area contributed by atoms with E-state index in [0.717, 1.165) is 22.0 Å². The van der Waals surface area contributed by atoms with Gasteiger partial charge in [-0.25, -0.2) is 0 Å². The van der Waals surface area contributed by atoms with Crippen LogP contribution in [0, 0.1) is 0 Å². The van der Waals surface area contributed by atoms with Crippen molar-refractivity contribution in [3.63, 3.8) is 0 Å². The van der Waals surface area contributed by atoms with E-state index in [-0.39, 0.29) is 17.9 Å². The maximum atomic E-state index is 13.0. The van der Waals surface area contributed by atoms with Crippen LogP contribution in [-0.4, -0.2) is 28.8 Å². The van der Waals surface area contributed by atoms with Gasteiger partial charge in [-0.05, 0) is 43.5 Å². The molecule has 0 aromatic heterocycles. The molecule has 28 heavy (non-hydrogen) atoms. The van der Waals surface area contributed by atoms with E-state index >= 15 is 0 Å². The van der Waals surface area contributed by atoms with Crippen LogP contribution >= 0.6 is 15.9 Å². The first kappa shape index (κ1) is 22.2. The highest BCUT2D eigenvalue weighted by Crippen LogP contribution is 2.18. The average Bonchev–Trinajstić information content (AvgIpc) is 2.66. The molecule has 0 saturated carbocycles. The monoisotopic (exact) mass is 444 g/mol. The zero-order chi connectivity index (χ0) is 20.5. The van der Waals surface area contributed by atoms with Crippen molar-refractivity contribution in [3.05, 3.63) is 70.2 Å². The summed E-state index contributed by atoms with van der Waals surface area (Å²) in [5, 5.41) is 3.00. The zero-order valence-electron chi connectivity index (χ0n) is 16.8. The third kappa shape index (κ3) is 6.79. The first-order valence-electron chi connectivity index (χ1n) is 9.79. The van der Waals surface area contributed by atoms with Crippen molar-refractivity contribution in [2.75, 3.05) is 0 Å². The lowest BCUT2D eigenvalue weighted by atomic mass is 10.0. The molecule has 2 rings (SSSR count). The fraction of sp³-hybridized carbons (Fsp3) is 0.391. The molecule has 1 unspecified atom stereocenters. The Bertz CT molecular complexity index is 760. The van der Waals surface area contributed by atoms with Crippen LogP contribution in [0.4, 0.5) is 0 Å². The largest absolute Gasteiger partial charge is 0.352 e. The highest BCUT2D eigenvalue weighted by molar-refractivity contribution is 9.10. The molecule has 150 valence electrons. The number of rotatable bonds is 9. The van der Waals surface area contributed by atoms with Crippen LogP contribution in [0.15, 0.2) is 59.1 Å². The normalized spacial score (nSPS) is 11.9. The van der Waals surface area contributed by atoms with E-state index < -0.39 is 6.04 Å². The Hall–Kier alpha value is -2.14. The van der Waals surface area contributed by atoms with Gasteiger partial charge in [0.05, 0.1) is 0 Å². The van der Waals surface area contributed by atoms with Gasteiger partial charge in [0.2, 0.25) is 11.8 Å². The fourth-order valence-corrected chi connectivity index (χ4v) is 3.34. The van der Waals surface area contributed by atoms with Crippen molar-refractivity contribution in [2.45, 2.75) is 58.7 Å². The minimum Gasteiger partial charge on any atom is -0.352 e. The van der Waals surface area contributed by atoms with E-state index in [1.807, 2.05) is 75.4 Å². The highest BCUT2D eigenvalue weighted by Gasteiger charge is 2.30. The predicted octanol–water partition coefficient (Wildman–Crippen LogP) is 4.71. The molecule has 0 aliphatic carbocycles. The van der Waals surface area contributed by atoms with Gasteiger partial charge < -0.3 is 10.2 Å². The second kappa shape index (κ2) is 11.0. The summed E-state index contributed by atoms with van der Waals surface area (Å²) >= 11 is 3.44. The maximum Gasteiger partial charge on any atom is 0.243 e. The van der Waals surface area contributed by atoms with E-state index in [4.69, 9.17) is 0 Å². The molecule has 0 spiro atoms. The highest BCUT2D eigenvalue weighted by atomic mass is 79.9. The second-order valence-corrected chi connectivity index (χ2v) is 8.18. The van der Waals surface area contributed by atoms with Gasteiger partial charge in [0, 0.05) is 29.9 Å². The lowest BCUT2D eigenvalue weighted by Gasteiger charge is -2.32. The average molecular weight is 445 g/mol. The summed E-state index contributed by atoms with van der Waals surface area (Å²) in [6.45, 7) is 6.26. The Labute approximate surface area is 176 Å². The SMILES string of the molecule is CCCC(=O)N(Cc1ccc(Br)cc1)C(Cc1ccccc1)C(=O)NC(C)C. The minimum atomic E-state index is -0.549. The molecular weight excluding hydrogens is 416 g/mol. The van der Waals surface area contributed by atoms with Crippen molar-refractivity contribution in [3.8, 4) is 0 Å². The summed E-state index contributed by atoms with van der Waals surface area (Å²) in [5.74, 6) is -0.106. The van der Waals surface area contributed by atoms with Gasteiger partial charge in [0.25, 0.3) is 0 Å². The first-order chi connectivity index (χ1) is 13.4. The number of halogens is 1. The third-order valence-corrected chi connectivity index (χ3v) is 4.96. The molecule has 0 aliphatic rings. The maximum absolute atomic E-state index is 13.0. The van der Waals surface area contributed by atoms with Gasteiger partial charge in [-0.2, -0.15) is 0 Å². The number of carbonyl (C=O) groups excluding carboxylic acids is 2. The lowest BCUT2D eigenvalue weighted by molar-refractivity contribution is -0.141. The molecule has 2 aromatic carbocycles. The van der Waals surface area contributed by atoms with Crippen molar-refractivity contribution >= 4 is 27.7 Å². The summed E-state index contributed by atoms with van der Waals surface area (Å²) in [6, 6.07) is 17.2. The molecule has 0 fully saturated rings. The van der Waals surface area contributed by atoms with Crippen molar-refractivity contribution in [2.24, 2.45) is 0 Å². The molecule has 0 aliphatic heterocycles. The molecule has 0 saturated heterocycles. The first-order valence-corrected chi connectivity index (χ1v) is 10.6. The van der Waals surface area contributed by atoms with E-state index in [9.17, 15) is 9.59 Å². The fourth-order valence-electron chi connectivity index (χ4n) is 3.08. The zero-order valence-corrected chi connectivity index (χ0v) is 18.4. The van der Waals surface area contributed by atoms with E-state index in [0.29, 0.717) is 19.4 Å². The van der Waals surface area contributed by atoms with E-state index in [1.54, 1.807) is 4.90 Å². The molecule has 0 radical (unpaired) electrons. The second-order valence-electron chi connectivity index (χ2n) is 7.27. The number of nitrogens with one attached hydrogen (secondary N) is 1. The van der Waals surface area contributed by atoms with Gasteiger partial charge in [0.15, 0.2) is 0 Å². The van der Waals surface area contributed by atoms with E-state index in [2.05, 4.69) is 21.2 Å². The number of hydrogen-bond donors (Lipinski definition) is 1. The van der Waals surface area contributed by atoms with Crippen LogP contribution in [0.5, 0.6) is 0 Å².